The van der Waals surface area contributed by atoms with Crippen LogP contribution in [-0.2, 0) is 11.3 Å². The molecule has 4 nitrogen and oxygen atoms in total. The molecule has 0 aliphatic heterocycles. The number of pyridine rings is 1. The Kier molecular flexibility index (Phi) is 4.52. The first-order chi connectivity index (χ1) is 6.72. The molecule has 0 fully saturated rings. The van der Waals surface area contributed by atoms with Crippen LogP contribution in [0.1, 0.15) is 11.3 Å². The number of hydrogen-bond donors (Lipinski definition) is 2. The maximum absolute atomic E-state index is 9.00. The molecule has 2 N–H and O–H groups in total. The molecule has 0 saturated carbocycles. The Hall–Kier alpha value is -0.970. The molecule has 4 heteroatoms. The Bertz CT molecular complexity index is 278. The summed E-state index contributed by atoms with van der Waals surface area (Å²) in [5, 5.41) is 17.5. The molecule has 1 unspecified atom stereocenters. The van der Waals surface area contributed by atoms with Gasteiger partial charge in [-0.05, 0) is 24.6 Å². The Morgan fingerprint density at radius 1 is 1.57 bits per heavy atom. The van der Waals surface area contributed by atoms with Gasteiger partial charge in [0.05, 0.1) is 19.8 Å². The van der Waals surface area contributed by atoms with Crippen LogP contribution in [0.2, 0.25) is 0 Å². The van der Waals surface area contributed by atoms with Crippen molar-refractivity contribution in [1.82, 2.24) is 4.98 Å². The maximum Gasteiger partial charge on any atom is 0.100 e. The van der Waals surface area contributed by atoms with E-state index in [0.717, 1.165) is 11.3 Å². The van der Waals surface area contributed by atoms with Gasteiger partial charge < -0.3 is 14.9 Å². The number of ether oxygens (including phenoxy) is 1. The van der Waals surface area contributed by atoms with E-state index in [4.69, 9.17) is 14.9 Å². The number of nitrogens with zero attached hydrogens (tertiary/aromatic N) is 1. The molecular weight excluding hydrogens is 182 g/mol. The highest BCUT2D eigenvalue weighted by Crippen LogP contribution is 2.02. The standard InChI is InChI=1S/C10H15NO3/c1-8-4-9(2-3-11-8)6-14-7-10(13)5-12/h2-4,10,12-13H,5-7H2,1H3. The van der Waals surface area contributed by atoms with Gasteiger partial charge in [-0.3, -0.25) is 4.98 Å². The van der Waals surface area contributed by atoms with Crippen molar-refractivity contribution in [1.29, 1.82) is 0 Å². The quantitative estimate of drug-likeness (QED) is 0.710. The number of aliphatic hydroxyl groups excluding tert-OH is 2. The topological polar surface area (TPSA) is 62.6 Å². The van der Waals surface area contributed by atoms with Gasteiger partial charge in [0, 0.05) is 11.9 Å². The molecule has 14 heavy (non-hydrogen) atoms. The first-order valence-electron chi connectivity index (χ1n) is 4.50. The largest absolute Gasteiger partial charge is 0.394 e. The minimum absolute atomic E-state index is 0.151. The van der Waals surface area contributed by atoms with Crippen LogP contribution < -0.4 is 0 Å². The first kappa shape index (κ1) is 11.1. The lowest BCUT2D eigenvalue weighted by Crippen LogP contribution is -2.19. The zero-order valence-corrected chi connectivity index (χ0v) is 8.18. The van der Waals surface area contributed by atoms with Crippen molar-refractivity contribution in [3.05, 3.63) is 29.6 Å². The van der Waals surface area contributed by atoms with E-state index in [0.29, 0.717) is 6.61 Å². The molecule has 0 spiro atoms. The van der Waals surface area contributed by atoms with Gasteiger partial charge in [0.2, 0.25) is 0 Å². The molecule has 1 atom stereocenters. The third-order valence-electron chi connectivity index (χ3n) is 1.75. The molecule has 0 aromatic carbocycles. The van der Waals surface area contributed by atoms with Crippen LogP contribution >= 0.6 is 0 Å². The van der Waals surface area contributed by atoms with Crippen molar-refractivity contribution in [2.45, 2.75) is 19.6 Å². The fourth-order valence-electron chi connectivity index (χ4n) is 1.06. The summed E-state index contributed by atoms with van der Waals surface area (Å²) in [4.78, 5) is 4.05. The lowest BCUT2D eigenvalue weighted by atomic mass is 10.2. The van der Waals surface area contributed by atoms with E-state index in [1.807, 2.05) is 19.1 Å². The summed E-state index contributed by atoms with van der Waals surface area (Å²) in [5.74, 6) is 0. The van der Waals surface area contributed by atoms with Gasteiger partial charge in [-0.15, -0.1) is 0 Å². The number of aliphatic hydroxyl groups is 2. The summed E-state index contributed by atoms with van der Waals surface area (Å²) in [7, 11) is 0. The predicted octanol–water partition coefficient (Wildman–Crippen LogP) is 0.260. The van der Waals surface area contributed by atoms with Gasteiger partial charge in [-0.25, -0.2) is 0 Å². The first-order valence-corrected chi connectivity index (χ1v) is 4.50. The molecule has 0 saturated heterocycles. The second-order valence-corrected chi connectivity index (χ2v) is 3.16. The Balaban J connectivity index is 2.31. The highest BCUT2D eigenvalue weighted by molar-refractivity contribution is 5.14. The van der Waals surface area contributed by atoms with E-state index in [-0.39, 0.29) is 13.2 Å². The van der Waals surface area contributed by atoms with Crippen molar-refractivity contribution in [3.63, 3.8) is 0 Å². The van der Waals surface area contributed by atoms with E-state index in [1.165, 1.54) is 0 Å². The fourth-order valence-corrected chi connectivity index (χ4v) is 1.06. The molecule has 1 rings (SSSR count). The molecule has 78 valence electrons. The van der Waals surface area contributed by atoms with Gasteiger partial charge in [0.15, 0.2) is 0 Å². The maximum atomic E-state index is 9.00. The molecule has 1 aromatic heterocycles. The third-order valence-corrected chi connectivity index (χ3v) is 1.75. The predicted molar refractivity (Wildman–Crippen MR) is 51.7 cm³/mol. The summed E-state index contributed by atoms with van der Waals surface area (Å²) >= 11 is 0. The van der Waals surface area contributed by atoms with Gasteiger partial charge >= 0.3 is 0 Å². The average molecular weight is 197 g/mol. The molecule has 0 aliphatic rings. The van der Waals surface area contributed by atoms with E-state index < -0.39 is 6.10 Å². The summed E-state index contributed by atoms with van der Waals surface area (Å²) in [6.45, 7) is 2.22. The van der Waals surface area contributed by atoms with Gasteiger partial charge in [0.25, 0.3) is 0 Å². The summed E-state index contributed by atoms with van der Waals surface area (Å²) in [6.07, 6.45) is 0.925. The normalized spacial score (nSPS) is 12.8. The minimum atomic E-state index is -0.794. The number of rotatable bonds is 5. The minimum Gasteiger partial charge on any atom is -0.394 e. The van der Waals surface area contributed by atoms with E-state index >= 15 is 0 Å². The lowest BCUT2D eigenvalue weighted by Gasteiger charge is -2.08. The van der Waals surface area contributed by atoms with Crippen molar-refractivity contribution in [2.75, 3.05) is 13.2 Å². The van der Waals surface area contributed by atoms with Gasteiger partial charge in [-0.1, -0.05) is 0 Å². The van der Waals surface area contributed by atoms with Crippen molar-refractivity contribution in [3.8, 4) is 0 Å². The number of hydrogen-bond acceptors (Lipinski definition) is 4. The fraction of sp³-hybridized carbons (Fsp3) is 0.500. The Labute approximate surface area is 83.2 Å². The van der Waals surface area contributed by atoms with Crippen LogP contribution in [0.15, 0.2) is 18.3 Å². The van der Waals surface area contributed by atoms with Gasteiger partial charge in [0.1, 0.15) is 6.10 Å². The van der Waals surface area contributed by atoms with Gasteiger partial charge in [-0.2, -0.15) is 0 Å². The molecular formula is C10H15NO3. The van der Waals surface area contributed by atoms with Crippen LogP contribution in [0.4, 0.5) is 0 Å². The molecule has 0 bridgehead atoms. The van der Waals surface area contributed by atoms with Crippen molar-refractivity contribution < 1.29 is 14.9 Å². The SMILES string of the molecule is Cc1cc(COCC(O)CO)ccn1. The smallest absolute Gasteiger partial charge is 0.100 e. The van der Waals surface area contributed by atoms with Crippen LogP contribution in [-0.4, -0.2) is 34.5 Å². The van der Waals surface area contributed by atoms with E-state index in [1.54, 1.807) is 6.20 Å². The Morgan fingerprint density at radius 2 is 2.36 bits per heavy atom. The van der Waals surface area contributed by atoms with E-state index in [2.05, 4.69) is 4.98 Å². The van der Waals surface area contributed by atoms with E-state index in [9.17, 15) is 0 Å². The van der Waals surface area contributed by atoms with Crippen LogP contribution in [0.3, 0.4) is 0 Å². The summed E-state index contributed by atoms with van der Waals surface area (Å²) < 4.78 is 5.19. The van der Waals surface area contributed by atoms with Crippen LogP contribution in [0.5, 0.6) is 0 Å². The zero-order chi connectivity index (χ0) is 10.4. The number of aryl methyl sites for hydroxylation is 1. The second kappa shape index (κ2) is 5.70. The molecule has 1 aromatic rings. The highest BCUT2D eigenvalue weighted by atomic mass is 16.5. The third kappa shape index (κ3) is 3.83. The highest BCUT2D eigenvalue weighted by Gasteiger charge is 2.01. The van der Waals surface area contributed by atoms with Crippen molar-refractivity contribution in [2.24, 2.45) is 0 Å². The van der Waals surface area contributed by atoms with Crippen LogP contribution in [0, 0.1) is 6.92 Å². The number of aromatic nitrogens is 1. The molecule has 1 heterocycles. The average Bonchev–Trinajstić information content (AvgIpc) is 2.17. The lowest BCUT2D eigenvalue weighted by molar-refractivity contribution is -0.000000455. The van der Waals surface area contributed by atoms with Crippen LogP contribution in [0.25, 0.3) is 0 Å². The summed E-state index contributed by atoms with van der Waals surface area (Å²) in [5.41, 5.74) is 1.96. The monoisotopic (exact) mass is 197 g/mol. The molecule has 0 radical (unpaired) electrons. The summed E-state index contributed by atoms with van der Waals surface area (Å²) in [6, 6.07) is 3.78. The second-order valence-electron chi connectivity index (χ2n) is 3.16. The Morgan fingerprint density at radius 3 is 3.00 bits per heavy atom. The van der Waals surface area contributed by atoms with Crippen molar-refractivity contribution >= 4 is 0 Å². The molecule has 0 aliphatic carbocycles. The molecule has 0 amide bonds. The zero-order valence-electron chi connectivity index (χ0n) is 8.18.